The summed E-state index contributed by atoms with van der Waals surface area (Å²) in [6.07, 6.45) is 1.77. The number of methoxy groups -OCH3 is 2. The van der Waals surface area contributed by atoms with Gasteiger partial charge in [0.05, 0.1) is 14.2 Å². The number of piperazine rings is 1. The van der Waals surface area contributed by atoms with Gasteiger partial charge in [0.15, 0.2) is 18.1 Å². The lowest BCUT2D eigenvalue weighted by Crippen LogP contribution is -2.49. The van der Waals surface area contributed by atoms with Gasteiger partial charge in [0.25, 0.3) is 5.91 Å². The molecule has 0 N–H and O–H groups in total. The van der Waals surface area contributed by atoms with Crippen molar-refractivity contribution < 1.29 is 23.8 Å². The summed E-state index contributed by atoms with van der Waals surface area (Å²) < 4.78 is 16.2. The number of hydrogen-bond donors (Lipinski definition) is 0. The van der Waals surface area contributed by atoms with Crippen LogP contribution in [0, 0.1) is 0 Å². The molecule has 29 heavy (non-hydrogen) atoms. The molecule has 154 valence electrons. The molecule has 1 aliphatic heterocycles. The van der Waals surface area contributed by atoms with Gasteiger partial charge in [0.2, 0.25) is 0 Å². The second-order valence-electron chi connectivity index (χ2n) is 6.34. The van der Waals surface area contributed by atoms with Crippen LogP contribution in [0.15, 0.2) is 41.0 Å². The number of esters is 1. The number of rotatable bonds is 6. The fourth-order valence-electron chi connectivity index (χ4n) is 2.99. The Morgan fingerprint density at radius 2 is 1.83 bits per heavy atom. The van der Waals surface area contributed by atoms with Crippen molar-refractivity contribution in [1.82, 2.24) is 9.88 Å². The standard InChI is InChI=1S/C20H22BrN3O5/c1-27-17-11-14(3-5-16(17)29-13-19(25)28-2)20(26)24-9-7-23(8-10-24)18-6-4-15(21)12-22-18/h3-6,11-12H,7-10,13H2,1-2H3. The minimum Gasteiger partial charge on any atom is -0.493 e. The lowest BCUT2D eigenvalue weighted by molar-refractivity contribution is -0.142. The van der Waals surface area contributed by atoms with Crippen molar-refractivity contribution in [2.75, 3.05) is 51.9 Å². The van der Waals surface area contributed by atoms with Crippen molar-refractivity contribution in [2.24, 2.45) is 0 Å². The second-order valence-corrected chi connectivity index (χ2v) is 7.26. The van der Waals surface area contributed by atoms with Gasteiger partial charge < -0.3 is 24.0 Å². The van der Waals surface area contributed by atoms with E-state index in [4.69, 9.17) is 9.47 Å². The summed E-state index contributed by atoms with van der Waals surface area (Å²) in [5.74, 6) is 1.09. The first-order valence-corrected chi connectivity index (χ1v) is 9.84. The normalized spacial score (nSPS) is 13.8. The molecule has 1 saturated heterocycles. The van der Waals surface area contributed by atoms with E-state index in [1.54, 1.807) is 29.3 Å². The molecule has 0 atom stereocenters. The van der Waals surface area contributed by atoms with Gasteiger partial charge in [-0.1, -0.05) is 0 Å². The first-order valence-electron chi connectivity index (χ1n) is 9.05. The van der Waals surface area contributed by atoms with E-state index in [2.05, 4.69) is 30.6 Å². The highest BCUT2D eigenvalue weighted by Crippen LogP contribution is 2.29. The molecule has 0 spiro atoms. The maximum Gasteiger partial charge on any atom is 0.343 e. The van der Waals surface area contributed by atoms with E-state index in [0.29, 0.717) is 43.2 Å². The Morgan fingerprint density at radius 1 is 1.07 bits per heavy atom. The summed E-state index contributed by atoms with van der Waals surface area (Å²) in [4.78, 5) is 32.5. The Balaban J connectivity index is 1.63. The van der Waals surface area contributed by atoms with E-state index >= 15 is 0 Å². The summed E-state index contributed by atoms with van der Waals surface area (Å²) in [5.41, 5.74) is 0.502. The fraction of sp³-hybridized carbons (Fsp3) is 0.350. The van der Waals surface area contributed by atoms with Crippen LogP contribution in [0.4, 0.5) is 5.82 Å². The zero-order valence-corrected chi connectivity index (χ0v) is 17.8. The number of anilines is 1. The van der Waals surface area contributed by atoms with Crippen molar-refractivity contribution in [2.45, 2.75) is 0 Å². The van der Waals surface area contributed by atoms with Gasteiger partial charge in [-0.2, -0.15) is 0 Å². The first kappa shape index (κ1) is 20.9. The molecule has 2 heterocycles. The third kappa shape index (κ3) is 5.17. The molecule has 0 aliphatic carbocycles. The van der Waals surface area contributed by atoms with E-state index in [1.807, 2.05) is 12.1 Å². The van der Waals surface area contributed by atoms with Crippen LogP contribution in [-0.4, -0.2) is 68.8 Å². The molecule has 0 bridgehead atoms. The number of nitrogens with zero attached hydrogens (tertiary/aromatic N) is 3. The number of carbonyl (C=O) groups is 2. The fourth-order valence-corrected chi connectivity index (χ4v) is 3.23. The number of hydrogen-bond acceptors (Lipinski definition) is 7. The van der Waals surface area contributed by atoms with Crippen LogP contribution in [0.3, 0.4) is 0 Å². The number of aromatic nitrogens is 1. The van der Waals surface area contributed by atoms with Gasteiger partial charge in [-0.3, -0.25) is 4.79 Å². The summed E-state index contributed by atoms with van der Waals surface area (Å²) in [6, 6.07) is 8.82. The number of carbonyl (C=O) groups excluding carboxylic acids is 2. The van der Waals surface area contributed by atoms with E-state index < -0.39 is 5.97 Å². The predicted molar refractivity (Wildman–Crippen MR) is 111 cm³/mol. The number of amides is 1. The SMILES string of the molecule is COC(=O)COc1ccc(C(=O)N2CCN(c3ccc(Br)cn3)CC2)cc1OC. The topological polar surface area (TPSA) is 81.2 Å². The van der Waals surface area contributed by atoms with Crippen LogP contribution >= 0.6 is 15.9 Å². The van der Waals surface area contributed by atoms with Gasteiger partial charge >= 0.3 is 5.97 Å². The van der Waals surface area contributed by atoms with Crippen LogP contribution in [0.5, 0.6) is 11.5 Å². The lowest BCUT2D eigenvalue weighted by Gasteiger charge is -2.35. The number of halogens is 1. The minimum atomic E-state index is -0.495. The molecule has 1 fully saturated rings. The average molecular weight is 464 g/mol. The smallest absolute Gasteiger partial charge is 0.343 e. The quantitative estimate of drug-likeness (QED) is 0.608. The van der Waals surface area contributed by atoms with Crippen LogP contribution in [0.1, 0.15) is 10.4 Å². The molecule has 1 aliphatic rings. The molecule has 1 aromatic carbocycles. The highest BCUT2D eigenvalue weighted by molar-refractivity contribution is 9.10. The third-order valence-corrected chi connectivity index (χ3v) is 5.06. The molecule has 3 rings (SSSR count). The molecule has 0 unspecified atom stereocenters. The van der Waals surface area contributed by atoms with Gasteiger partial charge in [-0.15, -0.1) is 0 Å². The molecule has 2 aromatic rings. The Bertz CT molecular complexity index is 867. The van der Waals surface area contributed by atoms with Crippen molar-refractivity contribution in [3.8, 4) is 11.5 Å². The Kier molecular flexibility index (Phi) is 6.92. The van der Waals surface area contributed by atoms with Crippen molar-refractivity contribution in [3.05, 3.63) is 46.6 Å². The van der Waals surface area contributed by atoms with E-state index in [-0.39, 0.29) is 12.5 Å². The summed E-state index contributed by atoms with van der Waals surface area (Å²) >= 11 is 3.39. The summed E-state index contributed by atoms with van der Waals surface area (Å²) in [5, 5.41) is 0. The van der Waals surface area contributed by atoms with Crippen molar-refractivity contribution in [3.63, 3.8) is 0 Å². The highest BCUT2D eigenvalue weighted by atomic mass is 79.9. The molecule has 1 amide bonds. The maximum atomic E-state index is 12.9. The summed E-state index contributed by atoms with van der Waals surface area (Å²) in [7, 11) is 2.77. The molecular formula is C20H22BrN3O5. The van der Waals surface area contributed by atoms with Gasteiger partial charge in [-0.25, -0.2) is 9.78 Å². The van der Waals surface area contributed by atoms with Crippen LogP contribution < -0.4 is 14.4 Å². The number of ether oxygens (including phenoxy) is 3. The van der Waals surface area contributed by atoms with Crippen molar-refractivity contribution >= 4 is 33.6 Å². The number of pyridine rings is 1. The average Bonchev–Trinajstić information content (AvgIpc) is 2.77. The molecule has 9 heteroatoms. The van der Waals surface area contributed by atoms with Crippen LogP contribution in [0.2, 0.25) is 0 Å². The van der Waals surface area contributed by atoms with E-state index in [0.717, 1.165) is 10.3 Å². The molecule has 8 nitrogen and oxygen atoms in total. The summed E-state index contributed by atoms with van der Waals surface area (Å²) in [6.45, 7) is 2.38. The van der Waals surface area contributed by atoms with E-state index in [1.165, 1.54) is 14.2 Å². The zero-order valence-electron chi connectivity index (χ0n) is 16.3. The minimum absolute atomic E-state index is 0.0776. The van der Waals surface area contributed by atoms with Crippen molar-refractivity contribution in [1.29, 1.82) is 0 Å². The Hall–Kier alpha value is -2.81. The van der Waals surface area contributed by atoms with Gasteiger partial charge in [0, 0.05) is 42.4 Å². The van der Waals surface area contributed by atoms with Gasteiger partial charge in [-0.05, 0) is 46.3 Å². The predicted octanol–water partition coefficient (Wildman–Crippen LogP) is 2.37. The highest BCUT2D eigenvalue weighted by Gasteiger charge is 2.24. The second kappa shape index (κ2) is 9.60. The van der Waals surface area contributed by atoms with Crippen LogP contribution in [0.25, 0.3) is 0 Å². The largest absolute Gasteiger partial charge is 0.493 e. The van der Waals surface area contributed by atoms with E-state index in [9.17, 15) is 9.59 Å². The molecule has 0 saturated carbocycles. The monoisotopic (exact) mass is 463 g/mol. The third-order valence-electron chi connectivity index (χ3n) is 4.59. The Morgan fingerprint density at radius 3 is 2.45 bits per heavy atom. The van der Waals surface area contributed by atoms with Gasteiger partial charge in [0.1, 0.15) is 5.82 Å². The Labute approximate surface area is 177 Å². The lowest BCUT2D eigenvalue weighted by atomic mass is 10.1. The first-order chi connectivity index (χ1) is 14.0. The molecule has 0 radical (unpaired) electrons. The zero-order chi connectivity index (χ0) is 20.8. The maximum absolute atomic E-state index is 12.9. The van der Waals surface area contributed by atoms with Crippen LogP contribution in [-0.2, 0) is 9.53 Å². The molecule has 1 aromatic heterocycles. The number of benzene rings is 1. The molecular weight excluding hydrogens is 442 g/mol.